The summed E-state index contributed by atoms with van der Waals surface area (Å²) in [6.45, 7) is 6.38. The van der Waals surface area contributed by atoms with Crippen LogP contribution in [0.2, 0.25) is 0 Å². The van der Waals surface area contributed by atoms with E-state index in [-0.39, 0.29) is 0 Å². The molecule has 1 fully saturated rings. The topological polar surface area (TPSA) is 32.5 Å². The molecule has 0 aromatic heterocycles. The highest BCUT2D eigenvalue weighted by Gasteiger charge is 2.17. The maximum absolute atomic E-state index is 5.74. The Balaban J connectivity index is 1.66. The van der Waals surface area contributed by atoms with Gasteiger partial charge in [0.25, 0.3) is 0 Å². The first-order valence-corrected chi connectivity index (χ1v) is 7.14. The third kappa shape index (κ3) is 2.72. The number of hydrogen-bond donors (Lipinski definition) is 1. The second-order valence-electron chi connectivity index (χ2n) is 5.40. The van der Waals surface area contributed by atoms with Gasteiger partial charge in [0.2, 0.25) is 0 Å². The van der Waals surface area contributed by atoms with E-state index < -0.39 is 0 Å². The van der Waals surface area contributed by atoms with Gasteiger partial charge < -0.3 is 15.5 Å². The fraction of sp³-hybridized carbons (Fsp3) is 0.294. The predicted octanol–water partition coefficient (Wildman–Crippen LogP) is 2.90. The van der Waals surface area contributed by atoms with Crippen LogP contribution in [0.3, 0.4) is 0 Å². The zero-order valence-electron chi connectivity index (χ0n) is 11.9. The summed E-state index contributed by atoms with van der Waals surface area (Å²) in [5.74, 6) is 0. The number of rotatable bonds is 2. The van der Waals surface area contributed by atoms with Gasteiger partial charge in [0.1, 0.15) is 0 Å². The number of anilines is 3. The first kappa shape index (κ1) is 12.9. The van der Waals surface area contributed by atoms with Crippen molar-refractivity contribution in [3.63, 3.8) is 0 Å². The van der Waals surface area contributed by atoms with E-state index in [1.165, 1.54) is 16.9 Å². The smallest absolute Gasteiger partial charge is 0.0370 e. The van der Waals surface area contributed by atoms with Crippen LogP contribution < -0.4 is 15.5 Å². The summed E-state index contributed by atoms with van der Waals surface area (Å²) in [6, 6.07) is 16.9. The Morgan fingerprint density at radius 1 is 0.800 bits per heavy atom. The number of benzene rings is 2. The van der Waals surface area contributed by atoms with Gasteiger partial charge in [-0.25, -0.2) is 0 Å². The minimum Gasteiger partial charge on any atom is -0.399 e. The van der Waals surface area contributed by atoms with Crippen molar-refractivity contribution < 1.29 is 0 Å². The maximum atomic E-state index is 5.74. The Kier molecular flexibility index (Phi) is 3.50. The molecule has 0 saturated carbocycles. The summed E-state index contributed by atoms with van der Waals surface area (Å²) >= 11 is 0. The largest absolute Gasteiger partial charge is 0.399 e. The van der Waals surface area contributed by atoms with E-state index >= 15 is 0 Å². The Morgan fingerprint density at radius 2 is 1.40 bits per heavy atom. The van der Waals surface area contributed by atoms with Gasteiger partial charge in [-0.05, 0) is 48.9 Å². The van der Waals surface area contributed by atoms with Gasteiger partial charge >= 0.3 is 0 Å². The second kappa shape index (κ2) is 5.45. The van der Waals surface area contributed by atoms with E-state index in [9.17, 15) is 0 Å². The molecule has 0 spiro atoms. The molecular weight excluding hydrogens is 246 g/mol. The monoisotopic (exact) mass is 267 g/mol. The number of piperazine rings is 1. The van der Waals surface area contributed by atoms with Crippen LogP contribution in [0.1, 0.15) is 5.56 Å². The molecule has 1 aliphatic rings. The molecule has 2 aromatic carbocycles. The molecule has 0 amide bonds. The molecule has 3 nitrogen and oxygen atoms in total. The van der Waals surface area contributed by atoms with Crippen LogP contribution in [-0.4, -0.2) is 26.2 Å². The molecule has 104 valence electrons. The first-order chi connectivity index (χ1) is 9.72. The Bertz CT molecular complexity index is 569. The van der Waals surface area contributed by atoms with Crippen LogP contribution in [0.4, 0.5) is 17.1 Å². The van der Waals surface area contributed by atoms with E-state index in [1.54, 1.807) is 0 Å². The molecular formula is C17H21N3. The number of hydrogen-bond acceptors (Lipinski definition) is 3. The first-order valence-electron chi connectivity index (χ1n) is 7.14. The normalized spacial score (nSPS) is 15.4. The van der Waals surface area contributed by atoms with Crippen LogP contribution in [-0.2, 0) is 0 Å². The predicted molar refractivity (Wildman–Crippen MR) is 86.5 cm³/mol. The molecule has 1 aliphatic heterocycles. The van der Waals surface area contributed by atoms with Crippen molar-refractivity contribution in [2.24, 2.45) is 0 Å². The lowest BCUT2D eigenvalue weighted by atomic mass is 10.2. The lowest BCUT2D eigenvalue weighted by Gasteiger charge is -2.37. The molecule has 1 heterocycles. The quantitative estimate of drug-likeness (QED) is 0.849. The van der Waals surface area contributed by atoms with Crippen molar-refractivity contribution in [3.8, 4) is 0 Å². The maximum Gasteiger partial charge on any atom is 0.0370 e. The van der Waals surface area contributed by atoms with Crippen LogP contribution in [0.5, 0.6) is 0 Å². The number of nitrogens with two attached hydrogens (primary N) is 1. The van der Waals surface area contributed by atoms with Crippen molar-refractivity contribution in [2.45, 2.75) is 6.92 Å². The molecule has 2 aromatic rings. The number of nitrogen functional groups attached to an aromatic ring is 1. The SMILES string of the molecule is Cc1cccc(N2CCN(c3ccc(N)cc3)CC2)c1. The van der Waals surface area contributed by atoms with Gasteiger partial charge in [-0.3, -0.25) is 0 Å². The zero-order valence-corrected chi connectivity index (χ0v) is 11.9. The Labute approximate surface area is 120 Å². The van der Waals surface area contributed by atoms with Crippen molar-refractivity contribution in [1.82, 2.24) is 0 Å². The Hall–Kier alpha value is -2.16. The van der Waals surface area contributed by atoms with Crippen molar-refractivity contribution in [3.05, 3.63) is 54.1 Å². The van der Waals surface area contributed by atoms with Crippen LogP contribution >= 0.6 is 0 Å². The molecule has 3 rings (SSSR count). The summed E-state index contributed by atoms with van der Waals surface area (Å²) < 4.78 is 0. The van der Waals surface area contributed by atoms with Gasteiger partial charge in [0.15, 0.2) is 0 Å². The standard InChI is InChI=1S/C17H21N3/c1-14-3-2-4-17(13-14)20-11-9-19(10-12-20)16-7-5-15(18)6-8-16/h2-8,13H,9-12,18H2,1H3. The minimum atomic E-state index is 0.826. The molecule has 0 unspecified atom stereocenters. The van der Waals surface area contributed by atoms with E-state index in [0.717, 1.165) is 31.9 Å². The van der Waals surface area contributed by atoms with E-state index in [4.69, 9.17) is 5.73 Å². The minimum absolute atomic E-state index is 0.826. The summed E-state index contributed by atoms with van der Waals surface area (Å²) in [7, 11) is 0. The number of aryl methyl sites for hydroxylation is 1. The molecule has 0 bridgehead atoms. The zero-order chi connectivity index (χ0) is 13.9. The third-order valence-corrected chi connectivity index (χ3v) is 3.90. The van der Waals surface area contributed by atoms with Gasteiger partial charge in [0.05, 0.1) is 0 Å². The Morgan fingerprint density at radius 3 is 2.00 bits per heavy atom. The van der Waals surface area contributed by atoms with Crippen molar-refractivity contribution in [1.29, 1.82) is 0 Å². The van der Waals surface area contributed by atoms with Crippen LogP contribution in [0.25, 0.3) is 0 Å². The van der Waals surface area contributed by atoms with Gasteiger partial charge in [-0.15, -0.1) is 0 Å². The molecule has 0 radical (unpaired) electrons. The van der Waals surface area contributed by atoms with Gasteiger partial charge in [-0.1, -0.05) is 12.1 Å². The van der Waals surface area contributed by atoms with Crippen molar-refractivity contribution in [2.75, 3.05) is 41.7 Å². The van der Waals surface area contributed by atoms with Crippen molar-refractivity contribution >= 4 is 17.1 Å². The van der Waals surface area contributed by atoms with E-state index in [2.05, 4.69) is 53.1 Å². The summed E-state index contributed by atoms with van der Waals surface area (Å²) in [5.41, 5.74) is 10.5. The summed E-state index contributed by atoms with van der Waals surface area (Å²) in [6.07, 6.45) is 0. The van der Waals surface area contributed by atoms with Crippen LogP contribution in [0.15, 0.2) is 48.5 Å². The average molecular weight is 267 g/mol. The molecule has 0 atom stereocenters. The molecule has 2 N–H and O–H groups in total. The summed E-state index contributed by atoms with van der Waals surface area (Å²) in [5, 5.41) is 0. The van der Waals surface area contributed by atoms with E-state index in [1.807, 2.05) is 12.1 Å². The summed E-state index contributed by atoms with van der Waals surface area (Å²) in [4.78, 5) is 4.88. The average Bonchev–Trinajstić information content (AvgIpc) is 2.48. The highest BCUT2D eigenvalue weighted by molar-refractivity contribution is 5.55. The highest BCUT2D eigenvalue weighted by atomic mass is 15.3. The molecule has 20 heavy (non-hydrogen) atoms. The molecule has 3 heteroatoms. The fourth-order valence-electron chi connectivity index (χ4n) is 2.73. The fourth-order valence-corrected chi connectivity index (χ4v) is 2.73. The third-order valence-electron chi connectivity index (χ3n) is 3.90. The van der Waals surface area contributed by atoms with Gasteiger partial charge in [0, 0.05) is 43.2 Å². The van der Waals surface area contributed by atoms with Crippen LogP contribution in [0, 0.1) is 6.92 Å². The lowest BCUT2D eigenvalue weighted by Crippen LogP contribution is -2.46. The van der Waals surface area contributed by atoms with E-state index in [0.29, 0.717) is 0 Å². The molecule has 1 saturated heterocycles. The van der Waals surface area contributed by atoms with Gasteiger partial charge in [-0.2, -0.15) is 0 Å². The highest BCUT2D eigenvalue weighted by Crippen LogP contribution is 2.21. The second-order valence-corrected chi connectivity index (χ2v) is 5.40. The lowest BCUT2D eigenvalue weighted by molar-refractivity contribution is 0.653. The number of nitrogens with zero attached hydrogens (tertiary/aromatic N) is 2. The molecule has 0 aliphatic carbocycles.